The minimum atomic E-state index is -0.534. The van der Waals surface area contributed by atoms with E-state index >= 15 is 0 Å². The molecule has 0 unspecified atom stereocenters. The first-order chi connectivity index (χ1) is 13.0. The van der Waals surface area contributed by atoms with Crippen LogP contribution in [0, 0.1) is 5.82 Å². The van der Waals surface area contributed by atoms with Crippen molar-refractivity contribution in [3.8, 4) is 5.75 Å². The highest BCUT2D eigenvalue weighted by Gasteiger charge is 2.58. The number of halogens is 1. The molecule has 1 aliphatic carbocycles. The van der Waals surface area contributed by atoms with Gasteiger partial charge in [0.15, 0.2) is 0 Å². The third-order valence-corrected chi connectivity index (χ3v) is 6.14. The SMILES string of the molecule is COc1ccc(C2CC3(C2)C(=O)N(C)c2cnc4cc(F)ccc4c23)cc1. The van der Waals surface area contributed by atoms with Crippen LogP contribution in [0.15, 0.2) is 48.7 Å². The minimum absolute atomic E-state index is 0.112. The molecular formula is C22H19FN2O2. The van der Waals surface area contributed by atoms with Crippen LogP contribution in [-0.2, 0) is 10.2 Å². The first-order valence-corrected chi connectivity index (χ1v) is 9.04. The Kier molecular flexibility index (Phi) is 3.32. The number of ether oxygens (including phenoxy) is 1. The van der Waals surface area contributed by atoms with Gasteiger partial charge in [0.2, 0.25) is 5.91 Å². The molecule has 3 aromatic rings. The maximum absolute atomic E-state index is 13.6. The second-order valence-corrected chi connectivity index (χ2v) is 7.50. The molecule has 0 bridgehead atoms. The number of hydrogen-bond acceptors (Lipinski definition) is 3. The first kappa shape index (κ1) is 16.2. The average molecular weight is 362 g/mol. The third kappa shape index (κ3) is 2.14. The molecule has 0 N–H and O–H groups in total. The fourth-order valence-corrected chi connectivity index (χ4v) is 4.72. The van der Waals surface area contributed by atoms with Crippen molar-refractivity contribution in [3.63, 3.8) is 0 Å². The fourth-order valence-electron chi connectivity index (χ4n) is 4.72. The quantitative estimate of drug-likeness (QED) is 0.687. The van der Waals surface area contributed by atoms with Crippen molar-refractivity contribution in [2.75, 3.05) is 19.1 Å². The van der Waals surface area contributed by atoms with E-state index in [4.69, 9.17) is 4.74 Å². The van der Waals surface area contributed by atoms with E-state index in [0.29, 0.717) is 11.4 Å². The van der Waals surface area contributed by atoms with Crippen molar-refractivity contribution >= 4 is 22.5 Å². The summed E-state index contributed by atoms with van der Waals surface area (Å²) in [6.45, 7) is 0. The number of carbonyl (C=O) groups is 1. The predicted molar refractivity (Wildman–Crippen MR) is 102 cm³/mol. The Balaban J connectivity index is 1.58. The van der Waals surface area contributed by atoms with E-state index in [9.17, 15) is 9.18 Å². The Labute approximate surface area is 156 Å². The molecule has 1 aliphatic heterocycles. The standard InChI is InChI=1S/C22H19FN2O2/c1-25-19-12-24-18-9-15(23)5-8-17(18)20(19)22(21(25)26)10-14(11-22)13-3-6-16(27-2)7-4-13/h3-9,12,14H,10-11H2,1-2H3. The van der Waals surface area contributed by atoms with Gasteiger partial charge in [-0.25, -0.2) is 4.39 Å². The second-order valence-electron chi connectivity index (χ2n) is 7.50. The molecule has 2 aliphatic rings. The van der Waals surface area contributed by atoms with Gasteiger partial charge < -0.3 is 9.64 Å². The molecule has 0 saturated heterocycles. The highest BCUT2D eigenvalue weighted by atomic mass is 19.1. The Bertz CT molecular complexity index is 1070. The Morgan fingerprint density at radius 2 is 1.93 bits per heavy atom. The van der Waals surface area contributed by atoms with Gasteiger partial charge in [0.05, 0.1) is 29.9 Å². The van der Waals surface area contributed by atoms with Crippen LogP contribution in [0.25, 0.3) is 10.9 Å². The molecule has 0 radical (unpaired) electrons. The molecule has 136 valence electrons. The van der Waals surface area contributed by atoms with Crippen LogP contribution in [-0.4, -0.2) is 25.0 Å². The summed E-state index contributed by atoms with van der Waals surface area (Å²) in [7, 11) is 3.45. The number of hydrogen-bond donors (Lipinski definition) is 0. The lowest BCUT2D eigenvalue weighted by molar-refractivity contribution is -0.126. The van der Waals surface area contributed by atoms with E-state index in [1.54, 1.807) is 31.3 Å². The number of nitrogens with zero attached hydrogens (tertiary/aromatic N) is 2. The van der Waals surface area contributed by atoms with E-state index in [1.807, 2.05) is 12.1 Å². The van der Waals surface area contributed by atoms with Gasteiger partial charge in [0.25, 0.3) is 0 Å². The van der Waals surface area contributed by atoms with Gasteiger partial charge >= 0.3 is 0 Å². The number of carbonyl (C=O) groups excluding carboxylic acids is 1. The van der Waals surface area contributed by atoms with Gasteiger partial charge in [-0.05, 0) is 48.6 Å². The summed E-state index contributed by atoms with van der Waals surface area (Å²) in [4.78, 5) is 19.2. The largest absolute Gasteiger partial charge is 0.497 e. The second kappa shape index (κ2) is 5.52. The lowest BCUT2D eigenvalue weighted by Gasteiger charge is -2.44. The molecular weight excluding hydrogens is 343 g/mol. The number of amides is 1. The summed E-state index contributed by atoms with van der Waals surface area (Å²) in [5, 5.41) is 0.875. The van der Waals surface area contributed by atoms with E-state index in [1.165, 1.54) is 17.7 Å². The highest BCUT2D eigenvalue weighted by molar-refractivity contribution is 6.12. The van der Waals surface area contributed by atoms with E-state index in [2.05, 4.69) is 17.1 Å². The lowest BCUT2D eigenvalue weighted by atomic mass is 9.57. The molecule has 2 heterocycles. The average Bonchev–Trinajstić information content (AvgIpc) is 2.88. The van der Waals surface area contributed by atoms with Gasteiger partial charge in [-0.3, -0.25) is 9.78 Å². The van der Waals surface area contributed by atoms with E-state index in [-0.39, 0.29) is 11.7 Å². The van der Waals surface area contributed by atoms with E-state index < -0.39 is 5.41 Å². The maximum Gasteiger partial charge on any atom is 0.237 e. The highest BCUT2D eigenvalue weighted by Crippen LogP contribution is 2.60. The Morgan fingerprint density at radius 1 is 1.19 bits per heavy atom. The van der Waals surface area contributed by atoms with Crippen LogP contribution >= 0.6 is 0 Å². The first-order valence-electron chi connectivity index (χ1n) is 9.04. The molecule has 1 amide bonds. The zero-order chi connectivity index (χ0) is 18.8. The fraction of sp³-hybridized carbons (Fsp3) is 0.273. The molecule has 4 nitrogen and oxygen atoms in total. The minimum Gasteiger partial charge on any atom is -0.497 e. The van der Waals surface area contributed by atoms with Crippen LogP contribution in [0.1, 0.15) is 29.9 Å². The van der Waals surface area contributed by atoms with Gasteiger partial charge in [0.1, 0.15) is 11.6 Å². The molecule has 2 aromatic carbocycles. The normalized spacial score (nSPS) is 23.6. The topological polar surface area (TPSA) is 42.4 Å². The Morgan fingerprint density at radius 3 is 2.63 bits per heavy atom. The lowest BCUT2D eigenvalue weighted by Crippen LogP contribution is -2.47. The van der Waals surface area contributed by atoms with Gasteiger partial charge in [0, 0.05) is 24.1 Å². The molecule has 27 heavy (non-hydrogen) atoms. The number of pyridine rings is 1. The molecule has 1 spiro atoms. The predicted octanol–water partition coefficient (Wildman–Crippen LogP) is 4.17. The number of likely N-dealkylation sites (N-methyl/N-ethyl adjacent to an activating group) is 1. The summed E-state index contributed by atoms with van der Waals surface area (Å²) >= 11 is 0. The van der Waals surface area contributed by atoms with Crippen LogP contribution < -0.4 is 9.64 Å². The third-order valence-electron chi connectivity index (χ3n) is 6.14. The molecule has 1 saturated carbocycles. The zero-order valence-electron chi connectivity index (χ0n) is 15.2. The number of benzene rings is 2. The molecule has 1 aromatic heterocycles. The summed E-state index contributed by atoms with van der Waals surface area (Å²) in [6.07, 6.45) is 3.21. The van der Waals surface area contributed by atoms with Crippen LogP contribution in [0.3, 0.4) is 0 Å². The van der Waals surface area contributed by atoms with Crippen LogP contribution in [0.4, 0.5) is 10.1 Å². The van der Waals surface area contributed by atoms with Gasteiger partial charge in [-0.2, -0.15) is 0 Å². The van der Waals surface area contributed by atoms with Crippen molar-refractivity contribution < 1.29 is 13.9 Å². The van der Waals surface area contributed by atoms with Crippen LogP contribution in [0.5, 0.6) is 5.75 Å². The Hall–Kier alpha value is -2.95. The smallest absolute Gasteiger partial charge is 0.237 e. The number of aromatic nitrogens is 1. The van der Waals surface area contributed by atoms with Crippen molar-refractivity contribution in [2.24, 2.45) is 0 Å². The summed E-state index contributed by atoms with van der Waals surface area (Å²) in [5.41, 5.74) is 3.13. The number of anilines is 1. The summed E-state index contributed by atoms with van der Waals surface area (Å²) < 4.78 is 18.9. The van der Waals surface area contributed by atoms with Crippen molar-refractivity contribution in [1.29, 1.82) is 0 Å². The summed E-state index contributed by atoms with van der Waals surface area (Å²) in [6, 6.07) is 12.7. The van der Waals surface area contributed by atoms with Gasteiger partial charge in [-0.15, -0.1) is 0 Å². The molecule has 5 rings (SSSR count). The molecule has 0 atom stereocenters. The van der Waals surface area contributed by atoms with Crippen molar-refractivity contribution in [3.05, 3.63) is 65.6 Å². The maximum atomic E-state index is 13.6. The monoisotopic (exact) mass is 362 g/mol. The van der Waals surface area contributed by atoms with Gasteiger partial charge in [-0.1, -0.05) is 12.1 Å². The summed E-state index contributed by atoms with van der Waals surface area (Å²) in [5.74, 6) is 0.948. The zero-order valence-corrected chi connectivity index (χ0v) is 15.2. The van der Waals surface area contributed by atoms with E-state index in [0.717, 1.165) is 35.2 Å². The number of rotatable bonds is 2. The van der Waals surface area contributed by atoms with Crippen molar-refractivity contribution in [1.82, 2.24) is 4.98 Å². The molecule has 5 heteroatoms. The number of methoxy groups -OCH3 is 1. The number of fused-ring (bicyclic) bond motifs is 4. The van der Waals surface area contributed by atoms with Crippen LogP contribution in [0.2, 0.25) is 0 Å². The molecule has 1 fully saturated rings. The van der Waals surface area contributed by atoms with Crippen molar-refractivity contribution in [2.45, 2.75) is 24.2 Å².